The molecule has 0 aliphatic heterocycles. The Morgan fingerprint density at radius 3 is 2.38 bits per heavy atom. The van der Waals surface area contributed by atoms with E-state index in [9.17, 15) is 8.42 Å². The van der Waals surface area contributed by atoms with Crippen LogP contribution in [-0.4, -0.2) is 26.3 Å². The van der Waals surface area contributed by atoms with Crippen molar-refractivity contribution in [2.45, 2.75) is 10.2 Å². The number of sulfonamides is 1. The summed E-state index contributed by atoms with van der Waals surface area (Å²) >= 11 is 3.30. The van der Waals surface area contributed by atoms with Gasteiger partial charge in [-0.3, -0.25) is 0 Å². The number of benzene rings is 1. The zero-order valence-electron chi connectivity index (χ0n) is 8.85. The minimum Gasteiger partial charge on any atom is -0.207 e. The van der Waals surface area contributed by atoms with Crippen LogP contribution in [0.4, 0.5) is 0 Å². The van der Waals surface area contributed by atoms with Gasteiger partial charge in [-0.15, -0.1) is 6.42 Å². The minimum absolute atomic E-state index is 0.0720. The first kappa shape index (κ1) is 13.2. The maximum absolute atomic E-state index is 11.9. The Labute approximate surface area is 105 Å². The van der Waals surface area contributed by atoms with Crippen molar-refractivity contribution in [3.63, 3.8) is 0 Å². The van der Waals surface area contributed by atoms with E-state index in [2.05, 4.69) is 21.9 Å². The fourth-order valence-corrected chi connectivity index (χ4v) is 2.60. The third-order valence-corrected chi connectivity index (χ3v) is 4.56. The standard InChI is InChI=1S/C11H12BrNO2S/c1-3-8-13(2)16(14,15)11-6-4-10(9-12)5-7-11/h1,4-7H,8-9H2,2H3. The monoisotopic (exact) mass is 301 g/mol. The van der Waals surface area contributed by atoms with Gasteiger partial charge in [-0.1, -0.05) is 34.0 Å². The number of alkyl halides is 1. The topological polar surface area (TPSA) is 37.4 Å². The number of terminal acetylenes is 1. The molecule has 1 rings (SSSR count). The van der Waals surface area contributed by atoms with E-state index in [1.807, 2.05) is 0 Å². The molecule has 0 spiro atoms. The van der Waals surface area contributed by atoms with Crippen molar-refractivity contribution >= 4 is 26.0 Å². The van der Waals surface area contributed by atoms with Crippen LogP contribution in [0.5, 0.6) is 0 Å². The first-order chi connectivity index (χ1) is 7.52. The Bertz CT molecular complexity index is 488. The van der Waals surface area contributed by atoms with Crippen LogP contribution in [0.1, 0.15) is 5.56 Å². The summed E-state index contributed by atoms with van der Waals surface area (Å²) in [7, 11) is -1.98. The van der Waals surface area contributed by atoms with E-state index in [0.717, 1.165) is 9.87 Å². The van der Waals surface area contributed by atoms with Crippen molar-refractivity contribution in [2.24, 2.45) is 0 Å². The summed E-state index contributed by atoms with van der Waals surface area (Å²) in [5.41, 5.74) is 1.03. The summed E-state index contributed by atoms with van der Waals surface area (Å²) in [6.07, 6.45) is 5.09. The average Bonchev–Trinajstić information content (AvgIpc) is 2.29. The first-order valence-electron chi connectivity index (χ1n) is 4.57. The Balaban J connectivity index is 3.04. The highest BCUT2D eigenvalue weighted by molar-refractivity contribution is 9.08. The van der Waals surface area contributed by atoms with Gasteiger partial charge in [-0.05, 0) is 17.7 Å². The van der Waals surface area contributed by atoms with Crippen LogP contribution in [0, 0.1) is 12.3 Å². The molecule has 0 saturated heterocycles. The molecule has 16 heavy (non-hydrogen) atoms. The second-order valence-electron chi connectivity index (χ2n) is 3.24. The summed E-state index contributed by atoms with van der Waals surface area (Å²) in [5, 5.41) is 0.702. The molecule has 3 nitrogen and oxygen atoms in total. The highest BCUT2D eigenvalue weighted by atomic mass is 79.9. The second-order valence-corrected chi connectivity index (χ2v) is 5.85. The Hall–Kier alpha value is -0.830. The smallest absolute Gasteiger partial charge is 0.207 e. The molecule has 0 N–H and O–H groups in total. The van der Waals surface area contributed by atoms with Gasteiger partial charge < -0.3 is 0 Å². The molecule has 1 aromatic rings. The van der Waals surface area contributed by atoms with Crippen molar-refractivity contribution in [3.8, 4) is 12.3 Å². The zero-order valence-corrected chi connectivity index (χ0v) is 11.3. The van der Waals surface area contributed by atoms with Crippen molar-refractivity contribution < 1.29 is 8.42 Å². The highest BCUT2D eigenvalue weighted by Gasteiger charge is 2.19. The minimum atomic E-state index is -3.45. The zero-order chi connectivity index (χ0) is 12.2. The number of halogens is 1. The van der Waals surface area contributed by atoms with Gasteiger partial charge in [-0.2, -0.15) is 4.31 Å². The predicted molar refractivity (Wildman–Crippen MR) is 67.7 cm³/mol. The lowest BCUT2D eigenvalue weighted by molar-refractivity contribution is 0.503. The molecule has 0 radical (unpaired) electrons. The number of hydrogen-bond donors (Lipinski definition) is 0. The van der Waals surface area contributed by atoms with Gasteiger partial charge in [0.2, 0.25) is 10.0 Å². The van der Waals surface area contributed by atoms with Crippen molar-refractivity contribution in [2.75, 3.05) is 13.6 Å². The van der Waals surface area contributed by atoms with Gasteiger partial charge in [0, 0.05) is 12.4 Å². The van der Waals surface area contributed by atoms with Gasteiger partial charge in [0.15, 0.2) is 0 Å². The summed E-state index contributed by atoms with van der Waals surface area (Å²) in [5.74, 6) is 2.31. The Kier molecular flexibility index (Phi) is 4.54. The van der Waals surface area contributed by atoms with Crippen molar-refractivity contribution in [1.82, 2.24) is 4.31 Å². The van der Waals surface area contributed by atoms with E-state index in [0.29, 0.717) is 5.33 Å². The molecule has 0 heterocycles. The maximum Gasteiger partial charge on any atom is 0.243 e. The average molecular weight is 302 g/mol. The van der Waals surface area contributed by atoms with E-state index in [1.54, 1.807) is 24.3 Å². The molecular weight excluding hydrogens is 290 g/mol. The van der Waals surface area contributed by atoms with Crippen LogP contribution in [0.3, 0.4) is 0 Å². The summed E-state index contributed by atoms with van der Waals surface area (Å²) < 4.78 is 25.0. The van der Waals surface area contributed by atoms with Crippen LogP contribution in [0.25, 0.3) is 0 Å². The molecule has 0 fully saturated rings. The number of rotatable bonds is 4. The Morgan fingerprint density at radius 2 is 1.94 bits per heavy atom. The molecule has 1 aromatic carbocycles. The number of nitrogens with zero attached hydrogens (tertiary/aromatic N) is 1. The molecule has 5 heteroatoms. The molecule has 0 atom stereocenters. The maximum atomic E-state index is 11.9. The van der Waals surface area contributed by atoms with Crippen LogP contribution < -0.4 is 0 Å². The molecule has 0 aliphatic carbocycles. The third kappa shape index (κ3) is 2.85. The molecule has 0 amide bonds. The predicted octanol–water partition coefficient (Wildman–Crippen LogP) is 1.84. The largest absolute Gasteiger partial charge is 0.243 e. The molecule has 0 aromatic heterocycles. The van der Waals surface area contributed by atoms with Crippen LogP contribution in [-0.2, 0) is 15.4 Å². The van der Waals surface area contributed by atoms with Crippen molar-refractivity contribution in [3.05, 3.63) is 29.8 Å². The van der Waals surface area contributed by atoms with E-state index < -0.39 is 10.0 Å². The van der Waals surface area contributed by atoms with E-state index in [1.165, 1.54) is 7.05 Å². The molecule has 0 saturated carbocycles. The van der Waals surface area contributed by atoms with Crippen LogP contribution in [0.15, 0.2) is 29.2 Å². The molecule has 86 valence electrons. The fraction of sp³-hybridized carbons (Fsp3) is 0.273. The molecule has 0 bridgehead atoms. The quantitative estimate of drug-likeness (QED) is 0.628. The SMILES string of the molecule is C#CCN(C)S(=O)(=O)c1ccc(CBr)cc1. The summed E-state index contributed by atoms with van der Waals surface area (Å²) in [6, 6.07) is 6.70. The van der Waals surface area contributed by atoms with Crippen LogP contribution >= 0.6 is 15.9 Å². The lowest BCUT2D eigenvalue weighted by atomic mass is 10.2. The lowest BCUT2D eigenvalue weighted by Crippen LogP contribution is -2.27. The fourth-order valence-electron chi connectivity index (χ4n) is 1.14. The first-order valence-corrected chi connectivity index (χ1v) is 7.13. The van der Waals surface area contributed by atoms with Gasteiger partial charge in [0.05, 0.1) is 11.4 Å². The van der Waals surface area contributed by atoms with Crippen molar-refractivity contribution in [1.29, 1.82) is 0 Å². The Morgan fingerprint density at radius 1 is 1.38 bits per heavy atom. The normalized spacial score (nSPS) is 11.4. The second kappa shape index (κ2) is 5.48. The summed E-state index contributed by atoms with van der Waals surface area (Å²) in [4.78, 5) is 0.259. The third-order valence-electron chi connectivity index (χ3n) is 2.10. The van der Waals surface area contributed by atoms with Gasteiger partial charge in [0.25, 0.3) is 0 Å². The highest BCUT2D eigenvalue weighted by Crippen LogP contribution is 2.15. The van der Waals surface area contributed by atoms with Gasteiger partial charge >= 0.3 is 0 Å². The lowest BCUT2D eigenvalue weighted by Gasteiger charge is -2.14. The van der Waals surface area contributed by atoms with Gasteiger partial charge in [0.1, 0.15) is 0 Å². The van der Waals surface area contributed by atoms with Crippen LogP contribution in [0.2, 0.25) is 0 Å². The molecule has 0 aliphatic rings. The number of hydrogen-bond acceptors (Lipinski definition) is 2. The van der Waals surface area contributed by atoms with E-state index in [4.69, 9.17) is 6.42 Å². The van der Waals surface area contributed by atoms with Gasteiger partial charge in [-0.25, -0.2) is 8.42 Å². The van der Waals surface area contributed by atoms with E-state index >= 15 is 0 Å². The summed E-state index contributed by atoms with van der Waals surface area (Å²) in [6.45, 7) is 0.0720. The molecular formula is C11H12BrNO2S. The van der Waals surface area contributed by atoms with E-state index in [-0.39, 0.29) is 11.4 Å². The molecule has 0 unspecified atom stereocenters.